The Morgan fingerprint density at radius 3 is 2.71 bits per heavy atom. The van der Waals surface area contributed by atoms with Crippen molar-refractivity contribution < 1.29 is 9.47 Å². The number of aliphatic imine (C=N–C) groups is 1. The summed E-state index contributed by atoms with van der Waals surface area (Å²) in [6.07, 6.45) is 4.33. The van der Waals surface area contributed by atoms with Crippen LogP contribution in [-0.4, -0.2) is 50.9 Å². The predicted molar refractivity (Wildman–Crippen MR) is 102 cm³/mol. The van der Waals surface area contributed by atoms with Gasteiger partial charge in [-0.25, -0.2) is 0 Å². The Morgan fingerprint density at radius 1 is 1.33 bits per heavy atom. The van der Waals surface area contributed by atoms with Crippen LogP contribution in [0.15, 0.2) is 23.2 Å². The summed E-state index contributed by atoms with van der Waals surface area (Å²) in [5.74, 6) is 1.72. The number of hydrogen-bond acceptors (Lipinski definition) is 4. The summed E-state index contributed by atoms with van der Waals surface area (Å²) in [5.41, 5.74) is 2.32. The number of methoxy groups -OCH3 is 1. The van der Waals surface area contributed by atoms with Gasteiger partial charge in [0.25, 0.3) is 0 Å². The van der Waals surface area contributed by atoms with Gasteiger partial charge in [-0.15, -0.1) is 0 Å². The second kappa shape index (κ2) is 9.18. The van der Waals surface area contributed by atoms with Crippen LogP contribution in [0.5, 0.6) is 5.75 Å². The van der Waals surface area contributed by atoms with Crippen molar-refractivity contribution in [2.75, 3.05) is 40.2 Å². The summed E-state index contributed by atoms with van der Waals surface area (Å²) in [5, 5.41) is 6.85. The van der Waals surface area contributed by atoms with Crippen molar-refractivity contribution in [2.45, 2.75) is 31.1 Å². The van der Waals surface area contributed by atoms with E-state index >= 15 is 0 Å². The number of nitrogens with zero attached hydrogens (tertiary/aromatic N) is 1. The molecule has 0 atom stereocenters. The number of rotatable bonds is 6. The summed E-state index contributed by atoms with van der Waals surface area (Å²) in [6.45, 7) is 5.32. The highest BCUT2D eigenvalue weighted by Crippen LogP contribution is 2.32. The monoisotopic (exact) mass is 351 g/mol. The Labute approximate surface area is 149 Å². The number of thioether (sulfide) groups is 1. The van der Waals surface area contributed by atoms with Crippen molar-refractivity contribution in [3.63, 3.8) is 0 Å². The van der Waals surface area contributed by atoms with Gasteiger partial charge in [0, 0.05) is 43.7 Å². The number of ether oxygens (including phenoxy) is 2. The molecule has 134 valence electrons. The SMILES string of the molecule is CN=C(NCc1ccc(C)cc1OC)NCC1(SC)CCOCC1. The number of nitrogens with one attached hydrogen (secondary N) is 2. The molecule has 1 aliphatic rings. The first-order valence-electron chi connectivity index (χ1n) is 8.33. The average molecular weight is 352 g/mol. The quantitative estimate of drug-likeness (QED) is 0.609. The van der Waals surface area contributed by atoms with Crippen molar-refractivity contribution in [3.8, 4) is 5.75 Å². The fraction of sp³-hybridized carbons (Fsp3) is 0.611. The van der Waals surface area contributed by atoms with E-state index in [0.717, 1.165) is 49.9 Å². The molecule has 0 amide bonds. The Hall–Kier alpha value is -1.40. The van der Waals surface area contributed by atoms with E-state index in [1.54, 1.807) is 14.2 Å². The summed E-state index contributed by atoms with van der Waals surface area (Å²) < 4.78 is 11.2. The molecule has 2 rings (SSSR count). The first-order valence-corrected chi connectivity index (χ1v) is 9.56. The van der Waals surface area contributed by atoms with E-state index in [1.807, 2.05) is 11.8 Å². The molecule has 1 saturated heterocycles. The van der Waals surface area contributed by atoms with Crippen molar-refractivity contribution in [2.24, 2.45) is 4.99 Å². The summed E-state index contributed by atoms with van der Waals surface area (Å²) >= 11 is 1.92. The lowest BCUT2D eigenvalue weighted by Gasteiger charge is -2.36. The average Bonchev–Trinajstić information content (AvgIpc) is 2.63. The largest absolute Gasteiger partial charge is 0.496 e. The molecule has 0 bridgehead atoms. The third-order valence-electron chi connectivity index (χ3n) is 4.53. The van der Waals surface area contributed by atoms with Crippen LogP contribution in [0.25, 0.3) is 0 Å². The number of aryl methyl sites for hydroxylation is 1. The Balaban J connectivity index is 1.91. The van der Waals surface area contributed by atoms with Gasteiger partial charge in [-0.1, -0.05) is 12.1 Å². The van der Waals surface area contributed by atoms with Gasteiger partial charge in [0.05, 0.1) is 7.11 Å². The zero-order chi connectivity index (χ0) is 17.4. The maximum atomic E-state index is 5.50. The molecule has 1 aromatic carbocycles. The van der Waals surface area contributed by atoms with Crippen LogP contribution in [0, 0.1) is 6.92 Å². The molecule has 0 aromatic heterocycles. The van der Waals surface area contributed by atoms with Crippen LogP contribution < -0.4 is 15.4 Å². The van der Waals surface area contributed by atoms with E-state index < -0.39 is 0 Å². The summed E-state index contributed by atoms with van der Waals surface area (Å²) in [7, 11) is 3.51. The van der Waals surface area contributed by atoms with Crippen molar-refractivity contribution in [1.29, 1.82) is 0 Å². The minimum Gasteiger partial charge on any atom is -0.496 e. The van der Waals surface area contributed by atoms with Crippen LogP contribution in [-0.2, 0) is 11.3 Å². The first kappa shape index (κ1) is 18.9. The van der Waals surface area contributed by atoms with Gasteiger partial charge in [0.1, 0.15) is 5.75 Å². The Kier molecular flexibility index (Phi) is 7.24. The number of guanidine groups is 1. The normalized spacial score (nSPS) is 17.4. The number of hydrogen-bond donors (Lipinski definition) is 2. The molecule has 0 saturated carbocycles. The maximum absolute atomic E-state index is 5.50. The fourth-order valence-electron chi connectivity index (χ4n) is 2.84. The molecule has 6 heteroatoms. The third-order valence-corrected chi connectivity index (χ3v) is 5.95. The van der Waals surface area contributed by atoms with Crippen LogP contribution in [0.3, 0.4) is 0 Å². The lowest BCUT2D eigenvalue weighted by molar-refractivity contribution is 0.0783. The van der Waals surface area contributed by atoms with Crippen molar-refractivity contribution in [1.82, 2.24) is 10.6 Å². The standard InChI is InChI=1S/C18H29N3O2S/c1-14-5-6-15(16(11-14)22-3)12-20-17(19-2)21-13-18(24-4)7-9-23-10-8-18/h5-6,11H,7-10,12-13H2,1-4H3,(H2,19,20,21). The Bertz CT molecular complexity index is 557. The highest BCUT2D eigenvalue weighted by Gasteiger charge is 2.31. The molecule has 1 heterocycles. The van der Waals surface area contributed by atoms with Crippen LogP contribution in [0.4, 0.5) is 0 Å². The molecular weight excluding hydrogens is 322 g/mol. The van der Waals surface area contributed by atoms with Gasteiger partial charge < -0.3 is 20.1 Å². The topological polar surface area (TPSA) is 54.9 Å². The van der Waals surface area contributed by atoms with Crippen LogP contribution in [0.1, 0.15) is 24.0 Å². The van der Waals surface area contributed by atoms with E-state index in [0.29, 0.717) is 6.54 Å². The van der Waals surface area contributed by atoms with Crippen LogP contribution >= 0.6 is 11.8 Å². The van der Waals surface area contributed by atoms with Gasteiger partial charge >= 0.3 is 0 Å². The van der Waals surface area contributed by atoms with Gasteiger partial charge in [-0.05, 0) is 37.7 Å². The van der Waals surface area contributed by atoms with Crippen molar-refractivity contribution in [3.05, 3.63) is 29.3 Å². The second-order valence-electron chi connectivity index (χ2n) is 6.09. The van der Waals surface area contributed by atoms with E-state index in [-0.39, 0.29) is 4.75 Å². The molecule has 1 aromatic rings. The van der Waals surface area contributed by atoms with Crippen molar-refractivity contribution >= 4 is 17.7 Å². The van der Waals surface area contributed by atoms with E-state index in [2.05, 4.69) is 47.0 Å². The highest BCUT2D eigenvalue weighted by molar-refractivity contribution is 8.00. The lowest BCUT2D eigenvalue weighted by Crippen LogP contribution is -2.47. The molecule has 0 aliphatic carbocycles. The smallest absolute Gasteiger partial charge is 0.191 e. The zero-order valence-electron chi connectivity index (χ0n) is 15.1. The molecular formula is C18H29N3O2S. The molecule has 0 spiro atoms. The molecule has 2 N–H and O–H groups in total. The van der Waals surface area contributed by atoms with E-state index in [9.17, 15) is 0 Å². The second-order valence-corrected chi connectivity index (χ2v) is 7.37. The molecule has 0 unspecified atom stereocenters. The molecule has 0 radical (unpaired) electrons. The van der Waals surface area contributed by atoms with Gasteiger partial charge in [0.15, 0.2) is 5.96 Å². The highest BCUT2D eigenvalue weighted by atomic mass is 32.2. The van der Waals surface area contributed by atoms with Gasteiger partial charge in [0.2, 0.25) is 0 Å². The van der Waals surface area contributed by atoms with Crippen LogP contribution in [0.2, 0.25) is 0 Å². The Morgan fingerprint density at radius 2 is 2.08 bits per heavy atom. The first-order chi connectivity index (χ1) is 11.6. The minimum atomic E-state index is 0.234. The summed E-state index contributed by atoms with van der Waals surface area (Å²) in [4.78, 5) is 4.34. The molecule has 1 aliphatic heterocycles. The van der Waals surface area contributed by atoms with Gasteiger partial charge in [-0.2, -0.15) is 11.8 Å². The molecule has 1 fully saturated rings. The molecule has 5 nitrogen and oxygen atoms in total. The van der Waals surface area contributed by atoms with E-state index in [1.165, 1.54) is 5.56 Å². The summed E-state index contributed by atoms with van der Waals surface area (Å²) in [6, 6.07) is 6.24. The third kappa shape index (κ3) is 5.05. The molecule has 24 heavy (non-hydrogen) atoms. The zero-order valence-corrected chi connectivity index (χ0v) is 16.0. The van der Waals surface area contributed by atoms with E-state index in [4.69, 9.17) is 9.47 Å². The predicted octanol–water partition coefficient (Wildman–Crippen LogP) is 2.58. The maximum Gasteiger partial charge on any atom is 0.191 e. The van der Waals surface area contributed by atoms with Gasteiger partial charge in [-0.3, -0.25) is 4.99 Å². The fourth-order valence-corrected chi connectivity index (χ4v) is 3.63. The number of benzene rings is 1. The lowest BCUT2D eigenvalue weighted by atomic mass is 9.99. The minimum absolute atomic E-state index is 0.234.